The quantitative estimate of drug-likeness (QED) is 0.746. The van der Waals surface area contributed by atoms with E-state index >= 15 is 0 Å². The highest BCUT2D eigenvalue weighted by molar-refractivity contribution is 6.01. The van der Waals surface area contributed by atoms with E-state index in [1.54, 1.807) is 24.4 Å². The fourth-order valence-corrected chi connectivity index (χ4v) is 1.85. The number of fused-ring (bicyclic) bond motifs is 1. The molecule has 0 fully saturated rings. The van der Waals surface area contributed by atoms with E-state index < -0.39 is 18.0 Å². The van der Waals surface area contributed by atoms with Gasteiger partial charge in [0, 0.05) is 18.0 Å². The smallest absolute Gasteiger partial charge is 0.327 e. The lowest BCUT2D eigenvalue weighted by Crippen LogP contribution is -2.42. The molecule has 1 heterocycles. The number of aromatic nitrogens is 1. The van der Waals surface area contributed by atoms with Gasteiger partial charge < -0.3 is 15.7 Å². The number of carboxylic acid groups (broad SMARTS) is 1. The van der Waals surface area contributed by atoms with Gasteiger partial charge in [-0.1, -0.05) is 6.07 Å². The number of benzene rings is 1. The minimum Gasteiger partial charge on any atom is -0.480 e. The molecule has 0 bridgehead atoms. The Morgan fingerprint density at radius 3 is 2.86 bits per heavy atom. The number of nitrogens with zero attached hydrogens (tertiary/aromatic N) is 1. The molecule has 0 spiro atoms. The normalized spacial score (nSPS) is 11.4. The Bertz CT molecular complexity index is 716. The summed E-state index contributed by atoms with van der Waals surface area (Å²) >= 11 is 0. The van der Waals surface area contributed by atoms with E-state index in [1.165, 1.54) is 0 Å². The Morgan fingerprint density at radius 2 is 2.14 bits per heavy atom. The number of carboxylic acids is 1. The van der Waals surface area contributed by atoms with Crippen LogP contribution in [0, 0.1) is 12.3 Å². The molecule has 21 heavy (non-hydrogen) atoms. The Hall–Kier alpha value is -3.07. The second-order valence-corrected chi connectivity index (χ2v) is 4.27. The van der Waals surface area contributed by atoms with Crippen molar-refractivity contribution in [2.24, 2.45) is 0 Å². The van der Waals surface area contributed by atoms with E-state index in [2.05, 4.69) is 21.5 Å². The van der Waals surface area contributed by atoms with Crippen molar-refractivity contribution in [3.8, 4) is 12.3 Å². The fourth-order valence-electron chi connectivity index (χ4n) is 1.85. The number of anilines is 1. The summed E-state index contributed by atoms with van der Waals surface area (Å²) < 4.78 is 0. The minimum atomic E-state index is -1.18. The van der Waals surface area contributed by atoms with Crippen LogP contribution >= 0.6 is 0 Å². The molecule has 0 saturated heterocycles. The monoisotopic (exact) mass is 283 g/mol. The molecule has 1 aromatic heterocycles. The third-order valence-corrected chi connectivity index (χ3v) is 2.82. The van der Waals surface area contributed by atoms with Gasteiger partial charge in [0.25, 0.3) is 0 Å². The van der Waals surface area contributed by atoms with Gasteiger partial charge >= 0.3 is 12.0 Å². The van der Waals surface area contributed by atoms with Crippen LogP contribution in [0.1, 0.15) is 6.42 Å². The van der Waals surface area contributed by atoms with Crippen LogP contribution in [0.25, 0.3) is 10.9 Å². The number of aliphatic carboxylic acids is 1. The highest BCUT2D eigenvalue weighted by atomic mass is 16.4. The van der Waals surface area contributed by atoms with E-state index in [0.717, 1.165) is 10.9 Å². The van der Waals surface area contributed by atoms with Crippen molar-refractivity contribution in [1.82, 2.24) is 10.3 Å². The molecule has 0 saturated carbocycles. The highest BCUT2D eigenvalue weighted by Gasteiger charge is 2.18. The van der Waals surface area contributed by atoms with Crippen LogP contribution in [0.2, 0.25) is 0 Å². The largest absolute Gasteiger partial charge is 0.480 e. The van der Waals surface area contributed by atoms with Crippen LogP contribution in [0.5, 0.6) is 0 Å². The molecule has 106 valence electrons. The summed E-state index contributed by atoms with van der Waals surface area (Å²) in [5.41, 5.74) is 1.27. The number of amides is 2. The first-order chi connectivity index (χ1) is 10.1. The van der Waals surface area contributed by atoms with Gasteiger partial charge in [0.05, 0.1) is 11.2 Å². The highest BCUT2D eigenvalue weighted by Crippen LogP contribution is 2.21. The zero-order chi connectivity index (χ0) is 15.2. The Labute approximate surface area is 121 Å². The number of urea groups is 1. The van der Waals surface area contributed by atoms with Crippen molar-refractivity contribution in [2.75, 3.05) is 5.32 Å². The van der Waals surface area contributed by atoms with Crippen molar-refractivity contribution in [2.45, 2.75) is 12.5 Å². The number of hydrogen-bond donors (Lipinski definition) is 3. The number of pyridine rings is 1. The maximum Gasteiger partial charge on any atom is 0.327 e. The number of rotatable bonds is 4. The number of terminal acetylenes is 1. The molecule has 2 rings (SSSR count). The first-order valence-corrected chi connectivity index (χ1v) is 6.19. The summed E-state index contributed by atoms with van der Waals surface area (Å²) in [5, 5.41) is 14.6. The summed E-state index contributed by atoms with van der Waals surface area (Å²) in [6.07, 6.45) is 6.65. The van der Waals surface area contributed by atoms with E-state index in [9.17, 15) is 9.59 Å². The van der Waals surface area contributed by atoms with Crippen LogP contribution in [0.15, 0.2) is 36.5 Å². The van der Waals surface area contributed by atoms with Gasteiger partial charge in [-0.05, 0) is 24.3 Å². The number of carbonyl (C=O) groups excluding carboxylic acids is 1. The van der Waals surface area contributed by atoms with Gasteiger partial charge in [0.15, 0.2) is 0 Å². The first-order valence-electron chi connectivity index (χ1n) is 6.19. The molecular weight excluding hydrogens is 270 g/mol. The molecule has 0 aliphatic rings. The predicted molar refractivity (Wildman–Crippen MR) is 78.8 cm³/mol. The zero-order valence-electron chi connectivity index (χ0n) is 11.0. The summed E-state index contributed by atoms with van der Waals surface area (Å²) in [6, 6.07) is 7.09. The number of carbonyl (C=O) groups is 2. The van der Waals surface area contributed by atoms with Gasteiger partial charge in [0.2, 0.25) is 0 Å². The molecule has 1 aromatic carbocycles. The molecule has 1 atom stereocenters. The molecule has 0 aliphatic carbocycles. The minimum absolute atomic E-state index is 0.0835. The average molecular weight is 283 g/mol. The second-order valence-electron chi connectivity index (χ2n) is 4.27. The maximum atomic E-state index is 11.9. The van der Waals surface area contributed by atoms with E-state index in [4.69, 9.17) is 11.5 Å². The topological polar surface area (TPSA) is 91.3 Å². The first kappa shape index (κ1) is 14.3. The summed E-state index contributed by atoms with van der Waals surface area (Å²) in [6.45, 7) is 0. The van der Waals surface area contributed by atoms with Crippen molar-refractivity contribution in [3.63, 3.8) is 0 Å². The third-order valence-electron chi connectivity index (χ3n) is 2.82. The van der Waals surface area contributed by atoms with Crippen molar-refractivity contribution in [1.29, 1.82) is 0 Å². The Balaban J connectivity index is 2.15. The lowest BCUT2D eigenvalue weighted by molar-refractivity contribution is -0.139. The molecule has 6 heteroatoms. The Morgan fingerprint density at radius 1 is 1.33 bits per heavy atom. The van der Waals surface area contributed by atoms with Gasteiger partial charge in [0.1, 0.15) is 6.04 Å². The maximum absolute atomic E-state index is 11.9. The van der Waals surface area contributed by atoms with Crippen molar-refractivity contribution >= 4 is 28.6 Å². The lowest BCUT2D eigenvalue weighted by atomic mass is 10.2. The summed E-state index contributed by atoms with van der Waals surface area (Å²) in [7, 11) is 0. The average Bonchev–Trinajstić information content (AvgIpc) is 2.47. The van der Waals surface area contributed by atoms with Crippen LogP contribution in [-0.4, -0.2) is 28.1 Å². The van der Waals surface area contributed by atoms with Gasteiger partial charge in [-0.3, -0.25) is 4.98 Å². The predicted octanol–water partition coefficient (Wildman–Crippen LogP) is 1.83. The van der Waals surface area contributed by atoms with E-state index in [1.807, 2.05) is 12.1 Å². The van der Waals surface area contributed by atoms with Gasteiger partial charge in [-0.15, -0.1) is 12.3 Å². The fraction of sp³-hybridized carbons (Fsp3) is 0.133. The molecule has 6 nitrogen and oxygen atoms in total. The van der Waals surface area contributed by atoms with Crippen molar-refractivity contribution < 1.29 is 14.7 Å². The van der Waals surface area contributed by atoms with E-state index in [0.29, 0.717) is 5.69 Å². The summed E-state index contributed by atoms with van der Waals surface area (Å²) in [5.74, 6) is 1.04. The SMILES string of the molecule is C#CCC(NC(=O)Nc1cccc2ncccc12)C(=O)O. The standard InChI is InChI=1S/C15H13N3O3/c1-2-5-13(14(19)20)18-15(21)17-12-8-3-7-11-10(12)6-4-9-16-11/h1,3-4,6-9,13H,5H2,(H,19,20)(H2,17,18,21). The van der Waals surface area contributed by atoms with Gasteiger partial charge in [-0.25, -0.2) is 9.59 Å². The lowest BCUT2D eigenvalue weighted by Gasteiger charge is -2.13. The molecule has 1 unspecified atom stereocenters. The van der Waals surface area contributed by atoms with Crippen LogP contribution < -0.4 is 10.6 Å². The second kappa shape index (κ2) is 6.39. The van der Waals surface area contributed by atoms with Crippen molar-refractivity contribution in [3.05, 3.63) is 36.5 Å². The molecule has 2 amide bonds. The number of nitrogens with one attached hydrogen (secondary N) is 2. The molecule has 0 radical (unpaired) electrons. The zero-order valence-corrected chi connectivity index (χ0v) is 11.0. The Kier molecular flexibility index (Phi) is 4.36. The third kappa shape index (κ3) is 3.48. The molecule has 3 N–H and O–H groups in total. The van der Waals surface area contributed by atoms with Crippen LogP contribution in [0.3, 0.4) is 0 Å². The summed E-state index contributed by atoms with van der Waals surface area (Å²) in [4.78, 5) is 27.0. The molecule has 2 aromatic rings. The molecule has 0 aliphatic heterocycles. The number of hydrogen-bond acceptors (Lipinski definition) is 3. The van der Waals surface area contributed by atoms with Crippen LogP contribution in [0.4, 0.5) is 10.5 Å². The van der Waals surface area contributed by atoms with Crippen LogP contribution in [-0.2, 0) is 4.79 Å². The van der Waals surface area contributed by atoms with E-state index in [-0.39, 0.29) is 6.42 Å². The van der Waals surface area contributed by atoms with Gasteiger partial charge in [-0.2, -0.15) is 0 Å². The molecular formula is C15H13N3O3.